The zero-order valence-corrected chi connectivity index (χ0v) is 11.9. The first-order valence-corrected chi connectivity index (χ1v) is 6.76. The minimum Gasteiger partial charge on any atom is -0.382 e. The van der Waals surface area contributed by atoms with Gasteiger partial charge in [0, 0.05) is 13.7 Å². The van der Waals surface area contributed by atoms with Crippen LogP contribution in [0.3, 0.4) is 0 Å². The number of thiazole rings is 1. The summed E-state index contributed by atoms with van der Waals surface area (Å²) in [6, 6.07) is 0.266. The molecule has 1 atom stereocenters. The molecule has 0 saturated carbocycles. The van der Waals surface area contributed by atoms with Crippen molar-refractivity contribution in [2.75, 3.05) is 33.5 Å². The molecule has 0 aliphatic carbocycles. The molecule has 0 radical (unpaired) electrons. The van der Waals surface area contributed by atoms with Crippen molar-refractivity contribution in [2.24, 2.45) is 0 Å². The molecule has 1 heterocycles. The van der Waals surface area contributed by atoms with E-state index in [0.717, 1.165) is 15.3 Å². The standard InChI is InChI=1S/C10H17BrN2O2S/c1-8(10-13-7-9(11)16-10)12-3-4-15-6-5-14-2/h7-8,12H,3-6H2,1-2H3. The third kappa shape index (κ3) is 5.36. The molecular formula is C10H17BrN2O2S. The SMILES string of the molecule is COCCOCCNC(C)c1ncc(Br)s1. The maximum atomic E-state index is 5.35. The summed E-state index contributed by atoms with van der Waals surface area (Å²) in [7, 11) is 1.67. The summed E-state index contributed by atoms with van der Waals surface area (Å²) in [6.45, 7) is 4.91. The molecule has 0 aliphatic heterocycles. The quantitative estimate of drug-likeness (QED) is 0.748. The second-order valence-corrected chi connectivity index (χ2v) is 5.73. The Bertz CT molecular complexity index is 296. The number of nitrogens with one attached hydrogen (secondary N) is 1. The molecule has 0 bridgehead atoms. The summed E-state index contributed by atoms with van der Waals surface area (Å²) in [5, 5.41) is 4.44. The van der Waals surface area contributed by atoms with Crippen molar-refractivity contribution < 1.29 is 9.47 Å². The Morgan fingerprint density at radius 3 is 2.94 bits per heavy atom. The van der Waals surface area contributed by atoms with Crippen LogP contribution in [0.2, 0.25) is 0 Å². The van der Waals surface area contributed by atoms with Gasteiger partial charge in [-0.3, -0.25) is 0 Å². The van der Waals surface area contributed by atoms with Gasteiger partial charge in [0.2, 0.25) is 0 Å². The van der Waals surface area contributed by atoms with Gasteiger partial charge < -0.3 is 14.8 Å². The lowest BCUT2D eigenvalue weighted by Crippen LogP contribution is -2.23. The van der Waals surface area contributed by atoms with Gasteiger partial charge >= 0.3 is 0 Å². The molecule has 92 valence electrons. The predicted octanol–water partition coefficient (Wildman–Crippen LogP) is 2.22. The van der Waals surface area contributed by atoms with Crippen molar-refractivity contribution in [3.8, 4) is 0 Å². The van der Waals surface area contributed by atoms with Crippen molar-refractivity contribution in [2.45, 2.75) is 13.0 Å². The van der Waals surface area contributed by atoms with Gasteiger partial charge in [0.1, 0.15) is 5.01 Å². The topological polar surface area (TPSA) is 43.4 Å². The van der Waals surface area contributed by atoms with E-state index in [2.05, 4.69) is 33.2 Å². The smallest absolute Gasteiger partial charge is 0.110 e. The summed E-state index contributed by atoms with van der Waals surface area (Å²) in [4.78, 5) is 4.29. The fraction of sp³-hybridized carbons (Fsp3) is 0.700. The van der Waals surface area contributed by atoms with E-state index in [-0.39, 0.29) is 6.04 Å². The monoisotopic (exact) mass is 308 g/mol. The maximum Gasteiger partial charge on any atom is 0.110 e. The summed E-state index contributed by atoms with van der Waals surface area (Å²) in [6.07, 6.45) is 1.83. The van der Waals surface area contributed by atoms with E-state index < -0.39 is 0 Å². The second-order valence-electron chi connectivity index (χ2n) is 3.28. The van der Waals surface area contributed by atoms with Gasteiger partial charge in [0.25, 0.3) is 0 Å². The molecule has 1 aromatic rings. The van der Waals surface area contributed by atoms with Gasteiger partial charge in [-0.2, -0.15) is 0 Å². The van der Waals surface area contributed by atoms with Crippen molar-refractivity contribution in [3.05, 3.63) is 15.0 Å². The van der Waals surface area contributed by atoms with Crippen LogP contribution >= 0.6 is 27.3 Å². The van der Waals surface area contributed by atoms with Crippen LogP contribution in [-0.2, 0) is 9.47 Å². The Kier molecular flexibility index (Phi) is 7.15. The number of aromatic nitrogens is 1. The minimum absolute atomic E-state index is 0.266. The fourth-order valence-corrected chi connectivity index (χ4v) is 2.42. The molecule has 6 heteroatoms. The van der Waals surface area contributed by atoms with Crippen molar-refractivity contribution >= 4 is 27.3 Å². The molecular weight excluding hydrogens is 292 g/mol. The third-order valence-electron chi connectivity index (χ3n) is 1.99. The van der Waals surface area contributed by atoms with E-state index in [1.165, 1.54) is 0 Å². The number of methoxy groups -OCH3 is 1. The second kappa shape index (κ2) is 8.14. The average molecular weight is 309 g/mol. The number of halogens is 1. The van der Waals surface area contributed by atoms with Gasteiger partial charge in [0.05, 0.1) is 35.8 Å². The molecule has 1 N–H and O–H groups in total. The first-order chi connectivity index (χ1) is 7.74. The molecule has 0 amide bonds. The molecule has 4 nitrogen and oxygen atoms in total. The lowest BCUT2D eigenvalue weighted by Gasteiger charge is -2.10. The Labute approximate surface area is 108 Å². The number of hydrogen-bond acceptors (Lipinski definition) is 5. The number of nitrogens with zero attached hydrogens (tertiary/aromatic N) is 1. The van der Waals surface area contributed by atoms with Crippen LogP contribution < -0.4 is 5.32 Å². The predicted molar refractivity (Wildman–Crippen MR) is 68.9 cm³/mol. The van der Waals surface area contributed by atoms with Crippen LogP contribution in [0.5, 0.6) is 0 Å². The van der Waals surface area contributed by atoms with Crippen molar-refractivity contribution in [1.82, 2.24) is 10.3 Å². The van der Waals surface area contributed by atoms with Crippen LogP contribution in [0.25, 0.3) is 0 Å². The Morgan fingerprint density at radius 2 is 2.31 bits per heavy atom. The molecule has 16 heavy (non-hydrogen) atoms. The van der Waals surface area contributed by atoms with Crippen molar-refractivity contribution in [3.63, 3.8) is 0 Å². The largest absolute Gasteiger partial charge is 0.382 e. The summed E-state index contributed by atoms with van der Waals surface area (Å²) in [5.41, 5.74) is 0. The maximum absolute atomic E-state index is 5.35. The van der Waals surface area contributed by atoms with E-state index in [1.807, 2.05) is 6.20 Å². The number of rotatable bonds is 8. The lowest BCUT2D eigenvalue weighted by molar-refractivity contribution is 0.0712. The highest BCUT2D eigenvalue weighted by molar-refractivity contribution is 9.11. The van der Waals surface area contributed by atoms with Gasteiger partial charge in [0.15, 0.2) is 0 Å². The van der Waals surface area contributed by atoms with Gasteiger partial charge in [-0.25, -0.2) is 4.98 Å². The number of ether oxygens (including phenoxy) is 2. The highest BCUT2D eigenvalue weighted by Crippen LogP contribution is 2.23. The molecule has 0 aliphatic rings. The third-order valence-corrected chi connectivity index (χ3v) is 3.65. The first-order valence-electron chi connectivity index (χ1n) is 5.15. The Balaban J connectivity index is 2.09. The van der Waals surface area contributed by atoms with E-state index in [0.29, 0.717) is 19.8 Å². The Morgan fingerprint density at radius 1 is 1.50 bits per heavy atom. The molecule has 1 rings (SSSR count). The highest BCUT2D eigenvalue weighted by Gasteiger charge is 2.08. The van der Waals surface area contributed by atoms with E-state index in [9.17, 15) is 0 Å². The molecule has 1 aromatic heterocycles. The highest BCUT2D eigenvalue weighted by atomic mass is 79.9. The molecule has 0 aromatic carbocycles. The minimum atomic E-state index is 0.266. The summed E-state index contributed by atoms with van der Waals surface area (Å²) < 4.78 is 11.3. The van der Waals surface area contributed by atoms with Gasteiger partial charge in [-0.05, 0) is 22.9 Å². The van der Waals surface area contributed by atoms with E-state index >= 15 is 0 Å². The zero-order chi connectivity index (χ0) is 11.8. The van der Waals surface area contributed by atoms with Gasteiger partial charge in [-0.1, -0.05) is 0 Å². The number of hydrogen-bond donors (Lipinski definition) is 1. The summed E-state index contributed by atoms with van der Waals surface area (Å²) >= 11 is 5.05. The Hall–Kier alpha value is -0.0100. The average Bonchev–Trinajstić information content (AvgIpc) is 2.70. The fourth-order valence-electron chi connectivity index (χ4n) is 1.15. The molecule has 1 unspecified atom stereocenters. The van der Waals surface area contributed by atoms with Crippen LogP contribution in [-0.4, -0.2) is 38.5 Å². The molecule has 0 spiro atoms. The zero-order valence-electron chi connectivity index (χ0n) is 9.53. The molecule has 0 fully saturated rings. The van der Waals surface area contributed by atoms with E-state index in [4.69, 9.17) is 9.47 Å². The normalized spacial score (nSPS) is 12.9. The lowest BCUT2D eigenvalue weighted by atomic mass is 10.3. The molecule has 0 saturated heterocycles. The van der Waals surface area contributed by atoms with E-state index in [1.54, 1.807) is 18.4 Å². The van der Waals surface area contributed by atoms with Crippen LogP contribution in [0.15, 0.2) is 9.98 Å². The summed E-state index contributed by atoms with van der Waals surface area (Å²) in [5.74, 6) is 0. The van der Waals surface area contributed by atoms with Crippen LogP contribution in [0.4, 0.5) is 0 Å². The van der Waals surface area contributed by atoms with Gasteiger partial charge in [-0.15, -0.1) is 11.3 Å². The van der Waals surface area contributed by atoms with Crippen LogP contribution in [0.1, 0.15) is 18.0 Å². The first kappa shape index (κ1) is 14.1. The van der Waals surface area contributed by atoms with Crippen LogP contribution in [0, 0.1) is 0 Å². The van der Waals surface area contributed by atoms with Crippen molar-refractivity contribution in [1.29, 1.82) is 0 Å².